The molecule has 0 aliphatic carbocycles. The zero-order valence-corrected chi connectivity index (χ0v) is 15.7. The van der Waals surface area contributed by atoms with Crippen LogP contribution in [-0.2, 0) is 15.6 Å². The number of aliphatic hydroxyl groups excluding tert-OH is 1. The summed E-state index contributed by atoms with van der Waals surface area (Å²) in [6.45, 7) is 1.80. The van der Waals surface area contributed by atoms with Gasteiger partial charge in [0, 0.05) is 10.0 Å². The van der Waals surface area contributed by atoms with Crippen LogP contribution in [0.1, 0.15) is 23.1 Å². The predicted octanol–water partition coefficient (Wildman–Crippen LogP) is 3.83. The van der Waals surface area contributed by atoms with Crippen molar-refractivity contribution in [1.29, 1.82) is 0 Å². The average molecular weight is 399 g/mol. The molecule has 132 valence electrons. The van der Waals surface area contributed by atoms with Gasteiger partial charge in [-0.1, -0.05) is 35.3 Å². The summed E-state index contributed by atoms with van der Waals surface area (Å²) >= 11 is 11.9. The molecule has 0 radical (unpaired) electrons. The van der Waals surface area contributed by atoms with Gasteiger partial charge in [0.15, 0.2) is 9.84 Å². The van der Waals surface area contributed by atoms with Crippen LogP contribution < -0.4 is 0 Å². The molecule has 3 rings (SSSR count). The van der Waals surface area contributed by atoms with Gasteiger partial charge >= 0.3 is 0 Å². The molecule has 1 aromatic heterocycles. The minimum Gasteiger partial charge on any atom is -0.387 e. The molecular formula is C17H16Cl2N2O3S. The van der Waals surface area contributed by atoms with Crippen LogP contribution in [0.25, 0.3) is 11.0 Å². The van der Waals surface area contributed by atoms with E-state index < -0.39 is 21.7 Å². The van der Waals surface area contributed by atoms with Gasteiger partial charge in [0.2, 0.25) is 0 Å². The molecule has 0 amide bonds. The zero-order valence-electron chi connectivity index (χ0n) is 13.3. The standard InChI is InChI=1S/C17H16Cl2N2O3S/c1-10-6-11(2-4-13(10)19)16(22)8-25(23,24)9-17-20-14-5-3-12(18)7-15(14)21-17/h2-7,16,22H,8-9H2,1H3,(H,20,21). The number of benzene rings is 2. The van der Waals surface area contributed by atoms with Crippen LogP contribution in [-0.4, -0.2) is 29.2 Å². The lowest BCUT2D eigenvalue weighted by atomic mass is 10.1. The lowest BCUT2D eigenvalue weighted by Gasteiger charge is -2.12. The monoisotopic (exact) mass is 398 g/mol. The molecule has 0 bridgehead atoms. The second kappa shape index (κ2) is 6.96. The fourth-order valence-corrected chi connectivity index (χ4v) is 4.22. The van der Waals surface area contributed by atoms with Crippen LogP contribution in [0.4, 0.5) is 0 Å². The maximum Gasteiger partial charge on any atom is 0.160 e. The summed E-state index contributed by atoms with van der Waals surface area (Å²) in [6.07, 6.45) is -1.13. The second-order valence-corrected chi connectivity index (χ2v) is 8.88. The molecule has 0 aliphatic heterocycles. The molecule has 0 aliphatic rings. The van der Waals surface area contributed by atoms with Crippen molar-refractivity contribution in [2.45, 2.75) is 18.8 Å². The number of aliphatic hydroxyl groups is 1. The molecule has 0 spiro atoms. The number of aromatic nitrogens is 2. The first-order chi connectivity index (χ1) is 11.7. The lowest BCUT2D eigenvalue weighted by molar-refractivity contribution is 0.201. The molecule has 8 heteroatoms. The van der Waals surface area contributed by atoms with Crippen LogP contribution in [0.15, 0.2) is 36.4 Å². The van der Waals surface area contributed by atoms with Crippen molar-refractivity contribution in [2.24, 2.45) is 0 Å². The predicted molar refractivity (Wildman–Crippen MR) is 99.7 cm³/mol. The molecule has 0 saturated heterocycles. The van der Waals surface area contributed by atoms with Crippen LogP contribution in [0.3, 0.4) is 0 Å². The van der Waals surface area contributed by atoms with Crippen molar-refractivity contribution in [3.63, 3.8) is 0 Å². The highest BCUT2D eigenvalue weighted by Crippen LogP contribution is 2.23. The average Bonchev–Trinajstić information content (AvgIpc) is 2.89. The van der Waals surface area contributed by atoms with Crippen molar-refractivity contribution in [3.05, 3.63) is 63.4 Å². The minimum atomic E-state index is -3.57. The molecule has 1 unspecified atom stereocenters. The first kappa shape index (κ1) is 18.2. The third-order valence-electron chi connectivity index (χ3n) is 3.83. The van der Waals surface area contributed by atoms with Crippen LogP contribution in [0, 0.1) is 6.92 Å². The molecule has 2 N–H and O–H groups in total. The topological polar surface area (TPSA) is 83.0 Å². The molecule has 2 aromatic carbocycles. The van der Waals surface area contributed by atoms with Gasteiger partial charge in [-0.15, -0.1) is 0 Å². The number of hydrogen-bond acceptors (Lipinski definition) is 4. The Hall–Kier alpha value is -1.60. The second-order valence-electron chi connectivity index (χ2n) is 5.92. The number of rotatable bonds is 5. The Morgan fingerprint density at radius 3 is 2.68 bits per heavy atom. The molecular weight excluding hydrogens is 383 g/mol. The number of fused-ring (bicyclic) bond motifs is 1. The van der Waals surface area contributed by atoms with Crippen molar-refractivity contribution >= 4 is 44.1 Å². The van der Waals surface area contributed by atoms with Crippen molar-refractivity contribution in [3.8, 4) is 0 Å². The Labute approximate surface area is 155 Å². The van der Waals surface area contributed by atoms with Gasteiger partial charge in [0.05, 0.1) is 22.9 Å². The molecule has 1 atom stereocenters. The first-order valence-corrected chi connectivity index (χ1v) is 10.1. The Balaban J connectivity index is 1.77. The van der Waals surface area contributed by atoms with Crippen molar-refractivity contribution < 1.29 is 13.5 Å². The van der Waals surface area contributed by atoms with Gasteiger partial charge < -0.3 is 10.1 Å². The zero-order chi connectivity index (χ0) is 18.2. The first-order valence-electron chi connectivity index (χ1n) is 7.52. The number of aryl methyl sites for hydroxylation is 1. The van der Waals surface area contributed by atoms with Gasteiger partial charge in [-0.25, -0.2) is 13.4 Å². The van der Waals surface area contributed by atoms with Gasteiger partial charge in [0.1, 0.15) is 11.6 Å². The van der Waals surface area contributed by atoms with Gasteiger partial charge in [-0.3, -0.25) is 0 Å². The molecule has 25 heavy (non-hydrogen) atoms. The number of nitrogens with one attached hydrogen (secondary N) is 1. The number of halogens is 2. The van der Waals surface area contributed by atoms with Crippen LogP contribution in [0.5, 0.6) is 0 Å². The van der Waals surface area contributed by atoms with E-state index >= 15 is 0 Å². The van der Waals surface area contributed by atoms with Gasteiger partial charge in [-0.2, -0.15) is 0 Å². The lowest BCUT2D eigenvalue weighted by Crippen LogP contribution is -2.17. The molecule has 3 aromatic rings. The largest absolute Gasteiger partial charge is 0.387 e. The van der Waals surface area contributed by atoms with E-state index in [1.807, 2.05) is 0 Å². The Bertz CT molecular complexity index is 1030. The summed E-state index contributed by atoms with van der Waals surface area (Å²) in [7, 11) is -3.57. The fourth-order valence-electron chi connectivity index (χ4n) is 2.58. The minimum absolute atomic E-state index is 0.289. The summed E-state index contributed by atoms with van der Waals surface area (Å²) in [5.74, 6) is -0.369. The summed E-state index contributed by atoms with van der Waals surface area (Å²) in [5, 5.41) is 11.4. The maximum absolute atomic E-state index is 12.4. The number of sulfone groups is 1. The quantitative estimate of drug-likeness (QED) is 0.683. The molecule has 0 fully saturated rings. The molecule has 5 nitrogen and oxygen atoms in total. The van der Waals surface area contributed by atoms with E-state index in [4.69, 9.17) is 23.2 Å². The van der Waals surface area contributed by atoms with Gasteiger partial charge in [-0.05, 0) is 42.3 Å². The number of aromatic amines is 1. The number of hydrogen-bond donors (Lipinski definition) is 2. The Kier molecular flexibility index (Phi) is 5.06. The Morgan fingerprint density at radius 1 is 1.20 bits per heavy atom. The Morgan fingerprint density at radius 2 is 1.96 bits per heavy atom. The highest BCUT2D eigenvalue weighted by atomic mass is 35.5. The number of H-pyrrole nitrogens is 1. The van der Waals surface area contributed by atoms with Crippen LogP contribution in [0.2, 0.25) is 10.0 Å². The molecule has 0 saturated carbocycles. The normalized spacial score (nSPS) is 13.3. The fraction of sp³-hybridized carbons (Fsp3) is 0.235. The van der Waals surface area contributed by atoms with E-state index in [1.165, 1.54) is 0 Å². The van der Waals surface area contributed by atoms with E-state index in [-0.39, 0.29) is 5.75 Å². The highest BCUT2D eigenvalue weighted by molar-refractivity contribution is 7.90. The van der Waals surface area contributed by atoms with Crippen molar-refractivity contribution in [1.82, 2.24) is 9.97 Å². The van der Waals surface area contributed by atoms with E-state index in [2.05, 4.69) is 9.97 Å². The number of imidazole rings is 1. The highest BCUT2D eigenvalue weighted by Gasteiger charge is 2.21. The third kappa shape index (κ3) is 4.33. The SMILES string of the molecule is Cc1cc(C(O)CS(=O)(=O)Cc2nc3ccc(Cl)cc3[nH]2)ccc1Cl. The van der Waals surface area contributed by atoms with Gasteiger partial charge in [0.25, 0.3) is 0 Å². The van der Waals surface area contributed by atoms with Crippen molar-refractivity contribution in [2.75, 3.05) is 5.75 Å². The third-order valence-corrected chi connectivity index (χ3v) is 6.02. The summed E-state index contributed by atoms with van der Waals surface area (Å²) < 4.78 is 24.8. The van der Waals surface area contributed by atoms with E-state index in [0.29, 0.717) is 32.5 Å². The summed E-state index contributed by atoms with van der Waals surface area (Å²) in [6, 6.07) is 10.0. The molecule has 1 heterocycles. The van der Waals surface area contributed by atoms with Crippen LogP contribution >= 0.6 is 23.2 Å². The van der Waals surface area contributed by atoms with E-state index in [9.17, 15) is 13.5 Å². The maximum atomic E-state index is 12.4. The van der Waals surface area contributed by atoms with E-state index in [0.717, 1.165) is 5.56 Å². The summed E-state index contributed by atoms with van der Waals surface area (Å²) in [4.78, 5) is 7.20. The number of nitrogens with zero attached hydrogens (tertiary/aromatic N) is 1. The summed E-state index contributed by atoms with van der Waals surface area (Å²) in [5.41, 5.74) is 2.61. The smallest absolute Gasteiger partial charge is 0.160 e. The van der Waals surface area contributed by atoms with E-state index in [1.54, 1.807) is 43.3 Å².